The van der Waals surface area contributed by atoms with Gasteiger partial charge in [-0.3, -0.25) is 0 Å². The standard InChI is InChI=1S/C61H39N5O/c1-4-15-40(16-5-1)42-29-33-44(34-30-42)54-39-55(63-58(62-54)46-35-31-43(32-36-46)41-17-6-2-7-18-41)49-23-12-21-47(37-49)48-22-13-24-50(38-48)60-64-59(45-19-8-3-9-20-45)65-61(66-60)53-27-14-26-52-51-25-10-11-28-56(51)67-57(52)53/h1-39H. The summed E-state index contributed by atoms with van der Waals surface area (Å²) in [6.45, 7) is 0. The molecule has 0 bridgehead atoms. The van der Waals surface area contributed by atoms with Gasteiger partial charge < -0.3 is 4.42 Å². The minimum absolute atomic E-state index is 0.542. The third-order valence-corrected chi connectivity index (χ3v) is 12.2. The van der Waals surface area contributed by atoms with Gasteiger partial charge in [0.1, 0.15) is 11.2 Å². The number of aromatic nitrogens is 5. The lowest BCUT2D eigenvalue weighted by Crippen LogP contribution is -2.00. The first-order valence-electron chi connectivity index (χ1n) is 22.3. The van der Waals surface area contributed by atoms with Crippen molar-refractivity contribution in [2.75, 3.05) is 0 Å². The molecule has 12 aromatic rings. The number of benzene rings is 9. The van der Waals surface area contributed by atoms with Crippen molar-refractivity contribution >= 4 is 21.9 Å². The molecule has 0 spiro atoms. The van der Waals surface area contributed by atoms with Crippen LogP contribution in [0, 0.1) is 0 Å². The van der Waals surface area contributed by atoms with Gasteiger partial charge in [0.2, 0.25) is 0 Å². The van der Waals surface area contributed by atoms with Crippen LogP contribution >= 0.6 is 0 Å². The van der Waals surface area contributed by atoms with Gasteiger partial charge in [0.05, 0.1) is 17.0 Å². The Labute approximate surface area is 387 Å². The van der Waals surface area contributed by atoms with Crippen molar-refractivity contribution in [3.63, 3.8) is 0 Å². The fourth-order valence-corrected chi connectivity index (χ4v) is 8.74. The van der Waals surface area contributed by atoms with Crippen molar-refractivity contribution in [1.29, 1.82) is 0 Å². The van der Waals surface area contributed by atoms with Gasteiger partial charge in [-0.25, -0.2) is 24.9 Å². The zero-order chi connectivity index (χ0) is 44.5. The summed E-state index contributed by atoms with van der Waals surface area (Å²) < 4.78 is 6.45. The number of furan rings is 1. The zero-order valence-corrected chi connectivity index (χ0v) is 36.2. The fraction of sp³-hybridized carbons (Fsp3) is 0. The van der Waals surface area contributed by atoms with Crippen LogP contribution in [-0.2, 0) is 0 Å². The summed E-state index contributed by atoms with van der Waals surface area (Å²) >= 11 is 0. The van der Waals surface area contributed by atoms with Crippen LogP contribution in [0.15, 0.2) is 241 Å². The maximum Gasteiger partial charge on any atom is 0.167 e. The molecule has 0 saturated heterocycles. The average Bonchev–Trinajstić information content (AvgIpc) is 3.81. The van der Waals surface area contributed by atoms with Crippen molar-refractivity contribution in [3.8, 4) is 101 Å². The Morgan fingerprint density at radius 2 is 0.642 bits per heavy atom. The highest BCUT2D eigenvalue weighted by Crippen LogP contribution is 2.37. The normalized spacial score (nSPS) is 11.3. The van der Waals surface area contributed by atoms with Crippen LogP contribution in [0.5, 0.6) is 0 Å². The predicted molar refractivity (Wildman–Crippen MR) is 272 cm³/mol. The molecule has 0 aliphatic heterocycles. The molecule has 0 radical (unpaired) electrons. The average molecular weight is 858 g/mol. The van der Waals surface area contributed by atoms with Crippen molar-refractivity contribution in [2.45, 2.75) is 0 Å². The third-order valence-electron chi connectivity index (χ3n) is 12.2. The summed E-state index contributed by atoms with van der Waals surface area (Å²) in [5, 5.41) is 2.07. The quantitative estimate of drug-likeness (QED) is 0.144. The molecular formula is C61H39N5O. The van der Waals surface area contributed by atoms with E-state index in [1.54, 1.807) is 0 Å². The monoisotopic (exact) mass is 857 g/mol. The lowest BCUT2D eigenvalue weighted by atomic mass is 9.98. The maximum absolute atomic E-state index is 6.45. The summed E-state index contributed by atoms with van der Waals surface area (Å²) in [5.41, 5.74) is 15.4. The molecule has 0 fully saturated rings. The van der Waals surface area contributed by atoms with E-state index in [1.165, 1.54) is 5.56 Å². The molecule has 9 aromatic carbocycles. The van der Waals surface area contributed by atoms with Gasteiger partial charge in [-0.05, 0) is 63.7 Å². The second-order valence-corrected chi connectivity index (χ2v) is 16.5. The summed E-state index contributed by atoms with van der Waals surface area (Å²) in [7, 11) is 0. The lowest BCUT2D eigenvalue weighted by Gasteiger charge is -2.12. The largest absolute Gasteiger partial charge is 0.455 e. The van der Waals surface area contributed by atoms with E-state index in [4.69, 9.17) is 29.3 Å². The topological polar surface area (TPSA) is 77.6 Å². The van der Waals surface area contributed by atoms with E-state index >= 15 is 0 Å². The van der Waals surface area contributed by atoms with Gasteiger partial charge in [-0.1, -0.05) is 206 Å². The van der Waals surface area contributed by atoms with Crippen molar-refractivity contribution in [1.82, 2.24) is 24.9 Å². The van der Waals surface area contributed by atoms with Crippen LogP contribution in [0.1, 0.15) is 0 Å². The minimum atomic E-state index is 0.542. The highest BCUT2D eigenvalue weighted by Gasteiger charge is 2.19. The first-order chi connectivity index (χ1) is 33.2. The van der Waals surface area contributed by atoms with Gasteiger partial charge in [0.25, 0.3) is 0 Å². The van der Waals surface area contributed by atoms with Crippen molar-refractivity contribution in [2.24, 2.45) is 0 Å². The summed E-state index contributed by atoms with van der Waals surface area (Å²) in [6, 6.07) is 81.2. The molecule has 0 aliphatic carbocycles. The number of hydrogen-bond donors (Lipinski definition) is 0. The summed E-state index contributed by atoms with van der Waals surface area (Å²) in [5.74, 6) is 2.35. The summed E-state index contributed by atoms with van der Waals surface area (Å²) in [6.07, 6.45) is 0. The van der Waals surface area contributed by atoms with Gasteiger partial charge in [-0.2, -0.15) is 0 Å². The van der Waals surface area contributed by atoms with Gasteiger partial charge in [0, 0.05) is 38.6 Å². The van der Waals surface area contributed by atoms with Gasteiger partial charge >= 0.3 is 0 Å². The first-order valence-corrected chi connectivity index (χ1v) is 22.3. The number of rotatable bonds is 9. The highest BCUT2D eigenvalue weighted by molar-refractivity contribution is 6.09. The molecule has 0 atom stereocenters. The predicted octanol–water partition coefficient (Wildman–Crippen LogP) is 15.6. The van der Waals surface area contributed by atoms with Crippen molar-refractivity contribution < 1.29 is 4.42 Å². The van der Waals surface area contributed by atoms with Crippen LogP contribution in [-0.4, -0.2) is 24.9 Å². The van der Waals surface area contributed by atoms with E-state index in [0.29, 0.717) is 23.3 Å². The first kappa shape index (κ1) is 39.5. The van der Waals surface area contributed by atoms with E-state index in [2.05, 4.69) is 164 Å². The molecule has 6 nitrogen and oxygen atoms in total. The van der Waals surface area contributed by atoms with Crippen LogP contribution in [0.2, 0.25) is 0 Å². The molecule has 3 heterocycles. The molecule has 3 aromatic heterocycles. The Kier molecular flexibility index (Phi) is 10.1. The van der Waals surface area contributed by atoms with E-state index < -0.39 is 0 Å². The van der Waals surface area contributed by atoms with Crippen molar-refractivity contribution in [3.05, 3.63) is 237 Å². The number of para-hydroxylation sites is 2. The van der Waals surface area contributed by atoms with Crippen LogP contribution < -0.4 is 0 Å². The van der Waals surface area contributed by atoms with Gasteiger partial charge in [0.15, 0.2) is 23.3 Å². The molecule has 6 heteroatoms. The van der Waals surface area contributed by atoms with E-state index in [1.807, 2.05) is 72.8 Å². The molecule has 314 valence electrons. The number of fused-ring (bicyclic) bond motifs is 3. The van der Waals surface area contributed by atoms with Crippen LogP contribution in [0.25, 0.3) is 123 Å². The molecule has 0 amide bonds. The van der Waals surface area contributed by atoms with E-state index in [-0.39, 0.29) is 0 Å². The molecule has 0 N–H and O–H groups in total. The Morgan fingerprint density at radius 3 is 1.30 bits per heavy atom. The van der Waals surface area contributed by atoms with E-state index in [0.717, 1.165) is 94.5 Å². The fourth-order valence-electron chi connectivity index (χ4n) is 8.74. The maximum atomic E-state index is 6.45. The van der Waals surface area contributed by atoms with E-state index in [9.17, 15) is 0 Å². The Balaban J connectivity index is 0.938. The minimum Gasteiger partial charge on any atom is -0.455 e. The molecule has 0 aliphatic rings. The molecular weight excluding hydrogens is 819 g/mol. The highest BCUT2D eigenvalue weighted by atomic mass is 16.3. The number of hydrogen-bond acceptors (Lipinski definition) is 6. The smallest absolute Gasteiger partial charge is 0.167 e. The second kappa shape index (κ2) is 17.1. The zero-order valence-electron chi connectivity index (χ0n) is 36.2. The molecule has 0 unspecified atom stereocenters. The molecule has 67 heavy (non-hydrogen) atoms. The Hall–Kier alpha value is -9.13. The molecule has 12 rings (SSSR count). The third kappa shape index (κ3) is 7.83. The SMILES string of the molecule is c1ccc(-c2ccc(-c3cc(-c4cccc(-c5cccc(-c6nc(-c7ccccc7)nc(-c7cccc8c7oc7ccccc78)n6)c5)c4)nc(-c4ccc(-c5ccccc5)cc4)n3)cc2)cc1. The summed E-state index contributed by atoms with van der Waals surface area (Å²) in [4.78, 5) is 25.7. The second-order valence-electron chi connectivity index (χ2n) is 16.5. The Morgan fingerprint density at radius 1 is 0.239 bits per heavy atom. The lowest BCUT2D eigenvalue weighted by molar-refractivity contribution is 0.669. The van der Waals surface area contributed by atoms with Gasteiger partial charge in [-0.15, -0.1) is 0 Å². The van der Waals surface area contributed by atoms with Crippen LogP contribution in [0.3, 0.4) is 0 Å². The number of nitrogens with zero attached hydrogens (tertiary/aromatic N) is 5. The molecule has 0 saturated carbocycles. The van der Waals surface area contributed by atoms with Crippen LogP contribution in [0.4, 0.5) is 0 Å². The Bertz CT molecular complexity index is 3620.